The van der Waals surface area contributed by atoms with Gasteiger partial charge in [0.25, 0.3) is 10.0 Å². The van der Waals surface area contributed by atoms with Crippen molar-refractivity contribution in [2.24, 2.45) is 0 Å². The summed E-state index contributed by atoms with van der Waals surface area (Å²) in [7, 11) is -4.06. The molecule has 2 rings (SSSR count). The average molecular weight is 315 g/mol. The first kappa shape index (κ1) is 14.6. The minimum atomic E-state index is -4.06. The van der Waals surface area contributed by atoms with Crippen LogP contribution in [0, 0.1) is 12.7 Å². The van der Waals surface area contributed by atoms with Crippen LogP contribution in [0.4, 0.5) is 15.8 Å². The first-order valence-electron chi connectivity index (χ1n) is 5.64. The number of nitrogens with one attached hydrogen (secondary N) is 1. The van der Waals surface area contributed by atoms with Crippen molar-refractivity contribution in [3.05, 3.63) is 52.8 Å². The predicted octanol–water partition coefficient (Wildman–Crippen LogP) is 3.17. The number of benzene rings is 2. The molecule has 0 bridgehead atoms. The Hall–Kier alpha value is -1.79. The molecule has 0 amide bonds. The van der Waals surface area contributed by atoms with Gasteiger partial charge >= 0.3 is 0 Å². The molecule has 0 saturated heterocycles. The summed E-state index contributed by atoms with van der Waals surface area (Å²) in [5.74, 6) is -0.984. The van der Waals surface area contributed by atoms with Gasteiger partial charge in [-0.3, -0.25) is 4.72 Å². The van der Waals surface area contributed by atoms with Crippen molar-refractivity contribution < 1.29 is 12.8 Å². The molecule has 0 aromatic heterocycles. The van der Waals surface area contributed by atoms with Crippen molar-refractivity contribution >= 4 is 33.0 Å². The minimum Gasteiger partial charge on any atom is -0.398 e. The third-order valence-corrected chi connectivity index (χ3v) is 4.43. The number of halogens is 2. The molecule has 4 nitrogen and oxygen atoms in total. The van der Waals surface area contributed by atoms with Gasteiger partial charge in [0.2, 0.25) is 0 Å². The molecule has 0 unspecified atom stereocenters. The van der Waals surface area contributed by atoms with E-state index >= 15 is 0 Å². The zero-order valence-electron chi connectivity index (χ0n) is 10.5. The molecule has 0 aliphatic rings. The molecule has 2 aromatic carbocycles. The summed E-state index contributed by atoms with van der Waals surface area (Å²) in [6.45, 7) is 1.80. The van der Waals surface area contributed by atoms with Crippen molar-refractivity contribution in [1.82, 2.24) is 0 Å². The number of rotatable bonds is 3. The van der Waals surface area contributed by atoms with Gasteiger partial charge in [-0.25, -0.2) is 12.8 Å². The first-order valence-corrected chi connectivity index (χ1v) is 7.50. The van der Waals surface area contributed by atoms with Crippen molar-refractivity contribution in [3.63, 3.8) is 0 Å². The zero-order chi connectivity index (χ0) is 14.9. The number of aryl methyl sites for hydroxylation is 1. The van der Waals surface area contributed by atoms with Gasteiger partial charge < -0.3 is 5.73 Å². The van der Waals surface area contributed by atoms with Crippen LogP contribution in [0.1, 0.15) is 5.56 Å². The Morgan fingerprint density at radius 3 is 2.60 bits per heavy atom. The number of sulfonamides is 1. The van der Waals surface area contributed by atoms with Crippen LogP contribution in [-0.4, -0.2) is 8.42 Å². The van der Waals surface area contributed by atoms with E-state index in [4.69, 9.17) is 17.3 Å². The lowest BCUT2D eigenvalue weighted by Gasteiger charge is -2.10. The number of nitrogens with two attached hydrogens (primary N) is 1. The third kappa shape index (κ3) is 2.86. The second-order valence-electron chi connectivity index (χ2n) is 4.23. The summed E-state index contributed by atoms with van der Waals surface area (Å²) in [6.07, 6.45) is 0. The maximum Gasteiger partial charge on any atom is 0.264 e. The van der Waals surface area contributed by atoms with Crippen molar-refractivity contribution in [2.75, 3.05) is 10.5 Å². The Labute approximate surface area is 121 Å². The molecule has 0 saturated carbocycles. The molecule has 3 N–H and O–H groups in total. The summed E-state index contributed by atoms with van der Waals surface area (Å²) in [4.78, 5) is -0.510. The lowest BCUT2D eigenvalue weighted by Crippen LogP contribution is -2.15. The monoisotopic (exact) mass is 314 g/mol. The summed E-state index contributed by atoms with van der Waals surface area (Å²) in [5.41, 5.74) is 7.22. The molecule has 2 aromatic rings. The quantitative estimate of drug-likeness (QED) is 0.855. The Morgan fingerprint density at radius 1 is 1.25 bits per heavy atom. The summed E-state index contributed by atoms with van der Waals surface area (Å²) in [5, 5.41) is -0.253. The summed E-state index contributed by atoms with van der Waals surface area (Å²) >= 11 is 5.58. The first-order chi connectivity index (χ1) is 9.31. The van der Waals surface area contributed by atoms with Gasteiger partial charge in [-0.2, -0.15) is 0 Å². The predicted molar refractivity (Wildman–Crippen MR) is 77.8 cm³/mol. The topological polar surface area (TPSA) is 72.2 Å². The molecular formula is C13H12ClFN2O2S. The van der Waals surface area contributed by atoms with Crippen LogP contribution in [0.2, 0.25) is 5.02 Å². The molecule has 0 fully saturated rings. The van der Waals surface area contributed by atoms with E-state index in [1.165, 1.54) is 18.2 Å². The second kappa shape index (κ2) is 5.30. The van der Waals surface area contributed by atoms with Gasteiger partial charge in [0, 0.05) is 5.69 Å². The van der Waals surface area contributed by atoms with Gasteiger partial charge in [-0.15, -0.1) is 0 Å². The zero-order valence-corrected chi connectivity index (χ0v) is 12.1. The number of nitrogen functional groups attached to an aromatic ring is 1. The van der Waals surface area contributed by atoms with Crippen LogP contribution < -0.4 is 10.5 Å². The van der Waals surface area contributed by atoms with E-state index < -0.39 is 20.7 Å². The Morgan fingerprint density at radius 2 is 1.95 bits per heavy atom. The second-order valence-corrected chi connectivity index (χ2v) is 6.29. The third-order valence-electron chi connectivity index (χ3n) is 2.74. The molecule has 7 heteroatoms. The Bertz CT molecular complexity index is 763. The van der Waals surface area contributed by atoms with Crippen LogP contribution in [0.15, 0.2) is 41.3 Å². The van der Waals surface area contributed by atoms with Gasteiger partial charge in [0.05, 0.1) is 10.7 Å². The molecule has 0 aliphatic heterocycles. The lowest BCUT2D eigenvalue weighted by atomic mass is 10.2. The van der Waals surface area contributed by atoms with Gasteiger partial charge in [0.15, 0.2) is 5.82 Å². The van der Waals surface area contributed by atoms with E-state index in [1.807, 2.05) is 0 Å². The number of hydrogen-bond acceptors (Lipinski definition) is 3. The smallest absolute Gasteiger partial charge is 0.264 e. The number of hydrogen-bond donors (Lipinski definition) is 2. The van der Waals surface area contributed by atoms with Crippen LogP contribution in [0.25, 0.3) is 0 Å². The van der Waals surface area contributed by atoms with Crippen molar-refractivity contribution in [3.8, 4) is 0 Å². The SMILES string of the molecule is Cc1ccc(NS(=O)(=O)c2cccc(Cl)c2F)cc1N. The van der Waals surface area contributed by atoms with E-state index in [2.05, 4.69) is 4.72 Å². The summed E-state index contributed by atoms with van der Waals surface area (Å²) in [6, 6.07) is 8.47. The van der Waals surface area contributed by atoms with Gasteiger partial charge in [0.1, 0.15) is 4.90 Å². The standard InChI is InChI=1S/C13H12ClFN2O2S/c1-8-5-6-9(7-11(8)16)17-20(18,19)12-4-2-3-10(14)13(12)15/h2-7,17H,16H2,1H3. The Balaban J connectivity index is 2.41. The van der Waals surface area contributed by atoms with Crippen LogP contribution in [0.5, 0.6) is 0 Å². The molecule has 0 spiro atoms. The van der Waals surface area contributed by atoms with Crippen molar-refractivity contribution in [1.29, 1.82) is 0 Å². The molecule has 0 atom stereocenters. The normalized spacial score (nSPS) is 11.3. The average Bonchev–Trinajstić information content (AvgIpc) is 2.36. The van der Waals surface area contributed by atoms with Gasteiger partial charge in [-0.05, 0) is 36.8 Å². The fraction of sp³-hybridized carbons (Fsp3) is 0.0769. The molecule has 0 aliphatic carbocycles. The van der Waals surface area contributed by atoms with E-state index in [0.29, 0.717) is 5.69 Å². The van der Waals surface area contributed by atoms with E-state index in [9.17, 15) is 12.8 Å². The highest BCUT2D eigenvalue weighted by molar-refractivity contribution is 7.92. The Kier molecular flexibility index (Phi) is 3.87. The molecule has 0 heterocycles. The molecular weight excluding hydrogens is 303 g/mol. The maximum absolute atomic E-state index is 13.8. The highest BCUT2D eigenvalue weighted by Gasteiger charge is 2.20. The highest BCUT2D eigenvalue weighted by Crippen LogP contribution is 2.25. The van der Waals surface area contributed by atoms with E-state index in [1.54, 1.807) is 19.1 Å². The summed E-state index contributed by atoms with van der Waals surface area (Å²) < 4.78 is 40.3. The van der Waals surface area contributed by atoms with Gasteiger partial charge in [-0.1, -0.05) is 23.7 Å². The number of anilines is 2. The minimum absolute atomic E-state index is 0.253. The highest BCUT2D eigenvalue weighted by atomic mass is 35.5. The van der Waals surface area contributed by atoms with Crippen molar-refractivity contribution in [2.45, 2.75) is 11.8 Å². The van der Waals surface area contributed by atoms with E-state index in [0.717, 1.165) is 11.6 Å². The molecule has 0 radical (unpaired) electrons. The fourth-order valence-corrected chi connectivity index (χ4v) is 2.99. The van der Waals surface area contributed by atoms with E-state index in [-0.39, 0.29) is 10.7 Å². The fourth-order valence-electron chi connectivity index (χ4n) is 1.61. The largest absolute Gasteiger partial charge is 0.398 e. The van der Waals surface area contributed by atoms with Crippen LogP contribution >= 0.6 is 11.6 Å². The maximum atomic E-state index is 13.8. The molecule has 20 heavy (non-hydrogen) atoms. The lowest BCUT2D eigenvalue weighted by molar-refractivity contribution is 0.570. The van der Waals surface area contributed by atoms with Crippen LogP contribution in [-0.2, 0) is 10.0 Å². The van der Waals surface area contributed by atoms with Crippen LogP contribution in [0.3, 0.4) is 0 Å². The molecule has 106 valence electrons.